The van der Waals surface area contributed by atoms with Gasteiger partial charge in [-0.15, -0.1) is 0 Å². The van der Waals surface area contributed by atoms with Crippen molar-refractivity contribution in [2.45, 2.75) is 47.9 Å². The average Bonchev–Trinajstić information content (AvgIpc) is 3.05. The molecule has 1 N–H and O–H groups in total. The Kier molecular flexibility index (Phi) is 5.29. The average molecular weight is 517 g/mol. The Morgan fingerprint density at radius 3 is 1.92 bits per heavy atom. The molecule has 194 valence electrons. The van der Waals surface area contributed by atoms with Gasteiger partial charge in [-0.1, -0.05) is 115 Å². The van der Waals surface area contributed by atoms with Gasteiger partial charge in [-0.25, -0.2) is 4.79 Å². The maximum Gasteiger partial charge on any atom is 0.343 e. The van der Waals surface area contributed by atoms with Crippen LogP contribution in [0.5, 0.6) is 0 Å². The lowest BCUT2D eigenvalue weighted by atomic mass is 9.58. The van der Waals surface area contributed by atoms with Crippen LogP contribution < -0.4 is 0 Å². The summed E-state index contributed by atoms with van der Waals surface area (Å²) < 4.78 is 13.0. The first-order valence-corrected chi connectivity index (χ1v) is 13.4. The second-order valence-electron chi connectivity index (χ2n) is 11.0. The van der Waals surface area contributed by atoms with E-state index in [1.165, 1.54) is 0 Å². The normalized spacial score (nSPS) is 30.6. The number of carbonyl (C=O) groups is 2. The number of aliphatic hydroxyl groups is 1. The molecule has 2 saturated heterocycles. The molecule has 5 heteroatoms. The van der Waals surface area contributed by atoms with Gasteiger partial charge in [0, 0.05) is 25.2 Å². The van der Waals surface area contributed by atoms with E-state index in [-0.39, 0.29) is 19.3 Å². The second-order valence-corrected chi connectivity index (χ2v) is 11.0. The van der Waals surface area contributed by atoms with Gasteiger partial charge < -0.3 is 14.6 Å². The molecule has 4 aromatic rings. The Morgan fingerprint density at radius 1 is 0.692 bits per heavy atom. The summed E-state index contributed by atoms with van der Waals surface area (Å²) >= 11 is 0. The maximum absolute atomic E-state index is 14.1. The summed E-state index contributed by atoms with van der Waals surface area (Å²) in [7, 11) is 0. The summed E-state index contributed by atoms with van der Waals surface area (Å²) in [4.78, 5) is 28.2. The van der Waals surface area contributed by atoms with Gasteiger partial charge in [0.2, 0.25) is 5.60 Å². The minimum atomic E-state index is -2.10. The Hall–Kier alpha value is -4.22. The van der Waals surface area contributed by atoms with E-state index in [1.54, 1.807) is 0 Å². The van der Waals surface area contributed by atoms with E-state index in [0.717, 1.165) is 27.8 Å². The Bertz CT molecular complexity index is 1550. The van der Waals surface area contributed by atoms with Crippen molar-refractivity contribution in [2.75, 3.05) is 0 Å². The smallest absolute Gasteiger partial charge is 0.343 e. The molecule has 0 amide bonds. The molecule has 1 aliphatic carbocycles. The zero-order valence-electron chi connectivity index (χ0n) is 21.3. The SMILES string of the molecule is O=C1OC23Cc4ccccc4C1C(c1ccccc1)C2(Cc1ccccc1)OC(=O)C3(O)Cc1ccccc1. The molecule has 5 unspecified atom stereocenters. The zero-order valence-corrected chi connectivity index (χ0v) is 21.3. The van der Waals surface area contributed by atoms with Crippen molar-refractivity contribution in [1.82, 2.24) is 0 Å². The quantitative estimate of drug-likeness (QED) is 0.382. The first-order valence-electron chi connectivity index (χ1n) is 13.4. The molecule has 3 aliphatic heterocycles. The third-order valence-electron chi connectivity index (χ3n) is 8.93. The van der Waals surface area contributed by atoms with E-state index in [9.17, 15) is 14.7 Å². The van der Waals surface area contributed by atoms with E-state index in [1.807, 2.05) is 115 Å². The molecule has 2 fully saturated rings. The summed E-state index contributed by atoms with van der Waals surface area (Å²) in [6.07, 6.45) is 0.412. The predicted octanol–water partition coefficient (Wildman–Crippen LogP) is 4.92. The summed E-state index contributed by atoms with van der Waals surface area (Å²) in [5, 5.41) is 12.6. The molecule has 5 atom stereocenters. The Balaban J connectivity index is 1.55. The van der Waals surface area contributed by atoms with Crippen LogP contribution in [0.4, 0.5) is 0 Å². The van der Waals surface area contributed by atoms with Gasteiger partial charge in [-0.3, -0.25) is 4.79 Å². The van der Waals surface area contributed by atoms with Crippen LogP contribution in [0.15, 0.2) is 115 Å². The summed E-state index contributed by atoms with van der Waals surface area (Å²) in [6.45, 7) is 0. The molecule has 1 spiro atoms. The van der Waals surface area contributed by atoms with Gasteiger partial charge in [0.05, 0.1) is 5.92 Å². The molecule has 4 aromatic carbocycles. The molecule has 2 bridgehead atoms. The lowest BCUT2D eigenvalue weighted by molar-refractivity contribution is -0.233. The van der Waals surface area contributed by atoms with Crippen LogP contribution in [0.25, 0.3) is 0 Å². The lowest BCUT2D eigenvalue weighted by Gasteiger charge is -2.54. The van der Waals surface area contributed by atoms with Crippen molar-refractivity contribution < 1.29 is 24.2 Å². The molecule has 0 saturated carbocycles. The van der Waals surface area contributed by atoms with Crippen molar-refractivity contribution in [3.05, 3.63) is 143 Å². The van der Waals surface area contributed by atoms with E-state index in [0.29, 0.717) is 0 Å². The van der Waals surface area contributed by atoms with Crippen LogP contribution in [-0.2, 0) is 38.3 Å². The minimum absolute atomic E-state index is 0.0369. The van der Waals surface area contributed by atoms with Crippen LogP contribution in [0, 0.1) is 0 Å². The predicted molar refractivity (Wildman–Crippen MR) is 145 cm³/mol. The first-order chi connectivity index (χ1) is 19.0. The highest BCUT2D eigenvalue weighted by Gasteiger charge is 2.83. The number of carbonyl (C=O) groups excluding carboxylic acids is 2. The molecule has 8 rings (SSSR count). The molecule has 39 heavy (non-hydrogen) atoms. The highest BCUT2D eigenvalue weighted by atomic mass is 16.6. The standard InChI is InChI=1S/C34H28O5/c35-30-28-27-19-11-10-18-26(27)22-34(38-30)32(37,20-23-12-4-1-5-13-23)31(36)39-33(34,21-24-14-6-2-7-15-24)29(28)25-16-8-3-9-17-25/h1-19,28-29,37H,20-22H2. The Labute approximate surface area is 227 Å². The van der Waals surface area contributed by atoms with Gasteiger partial charge in [0.15, 0.2) is 11.2 Å². The van der Waals surface area contributed by atoms with Crippen LogP contribution in [0.1, 0.15) is 39.7 Å². The van der Waals surface area contributed by atoms with Crippen LogP contribution in [-0.4, -0.2) is 33.8 Å². The summed E-state index contributed by atoms with van der Waals surface area (Å²) in [6, 6.07) is 36.7. The fourth-order valence-electron chi connectivity index (χ4n) is 7.29. The van der Waals surface area contributed by atoms with E-state index < -0.39 is 40.6 Å². The lowest BCUT2D eigenvalue weighted by Crippen LogP contribution is -2.72. The molecule has 3 heterocycles. The van der Waals surface area contributed by atoms with Crippen molar-refractivity contribution >= 4 is 11.9 Å². The van der Waals surface area contributed by atoms with Crippen LogP contribution in [0.2, 0.25) is 0 Å². The third-order valence-corrected chi connectivity index (χ3v) is 8.93. The topological polar surface area (TPSA) is 72.8 Å². The zero-order chi connectivity index (χ0) is 26.7. The maximum atomic E-state index is 14.1. The number of ether oxygens (including phenoxy) is 2. The number of benzene rings is 4. The van der Waals surface area contributed by atoms with Crippen LogP contribution >= 0.6 is 0 Å². The largest absolute Gasteiger partial charge is 0.451 e. The van der Waals surface area contributed by atoms with E-state index in [4.69, 9.17) is 9.47 Å². The van der Waals surface area contributed by atoms with Crippen LogP contribution in [0.3, 0.4) is 0 Å². The molecule has 4 aliphatic rings. The Morgan fingerprint density at radius 2 is 1.26 bits per heavy atom. The van der Waals surface area contributed by atoms with Gasteiger partial charge in [-0.05, 0) is 27.8 Å². The number of fused-ring (bicyclic) bond motifs is 1. The fourth-order valence-corrected chi connectivity index (χ4v) is 7.29. The van der Waals surface area contributed by atoms with Gasteiger partial charge in [0.1, 0.15) is 0 Å². The highest BCUT2D eigenvalue weighted by molar-refractivity contribution is 5.92. The molecule has 0 radical (unpaired) electrons. The van der Waals surface area contributed by atoms with Crippen molar-refractivity contribution in [1.29, 1.82) is 0 Å². The van der Waals surface area contributed by atoms with Gasteiger partial charge in [0.25, 0.3) is 0 Å². The van der Waals surface area contributed by atoms with Gasteiger partial charge in [-0.2, -0.15) is 0 Å². The van der Waals surface area contributed by atoms with Crippen molar-refractivity contribution in [2.24, 2.45) is 0 Å². The third kappa shape index (κ3) is 3.29. The fraction of sp³-hybridized carbons (Fsp3) is 0.235. The van der Waals surface area contributed by atoms with Crippen molar-refractivity contribution in [3.63, 3.8) is 0 Å². The molecular formula is C34H28O5. The van der Waals surface area contributed by atoms with Crippen molar-refractivity contribution in [3.8, 4) is 0 Å². The molecular weight excluding hydrogens is 488 g/mol. The number of esters is 2. The minimum Gasteiger partial charge on any atom is -0.451 e. The number of rotatable bonds is 5. The number of hydrogen-bond donors (Lipinski definition) is 1. The monoisotopic (exact) mass is 516 g/mol. The van der Waals surface area contributed by atoms with E-state index in [2.05, 4.69) is 0 Å². The number of hydrogen-bond acceptors (Lipinski definition) is 5. The highest BCUT2D eigenvalue weighted by Crippen LogP contribution is 2.65. The molecule has 0 aromatic heterocycles. The second kappa shape index (κ2) is 8.65. The molecule has 5 nitrogen and oxygen atoms in total. The van der Waals surface area contributed by atoms with Gasteiger partial charge >= 0.3 is 11.9 Å². The summed E-state index contributed by atoms with van der Waals surface area (Å²) in [5.74, 6) is -2.47. The summed E-state index contributed by atoms with van der Waals surface area (Å²) in [5.41, 5.74) is -0.822. The first kappa shape index (κ1) is 23.9. The van der Waals surface area contributed by atoms with E-state index >= 15 is 0 Å².